The molecule has 2 aliphatic heterocycles. The molecule has 140 valence electrons. The molecule has 8 nitrogen and oxygen atoms in total. The van der Waals surface area contributed by atoms with E-state index in [0.29, 0.717) is 5.75 Å². The molecule has 3 N–H and O–H groups in total. The molecule has 0 aliphatic carbocycles. The van der Waals surface area contributed by atoms with Crippen LogP contribution in [0.25, 0.3) is 0 Å². The number of hydrogen-bond acceptors (Lipinski definition) is 7. The first-order valence-corrected chi connectivity index (χ1v) is 9.01. The van der Waals surface area contributed by atoms with E-state index in [0.717, 1.165) is 0 Å². The fraction of sp³-hybridized carbons (Fsp3) is 0.471. The number of rotatable bonds is 6. The summed E-state index contributed by atoms with van der Waals surface area (Å²) in [6.07, 6.45) is 0. The van der Waals surface area contributed by atoms with Gasteiger partial charge in [-0.05, 0) is 26.0 Å². The van der Waals surface area contributed by atoms with Crippen molar-refractivity contribution < 1.29 is 53.8 Å². The van der Waals surface area contributed by atoms with Crippen LogP contribution in [0.5, 0.6) is 5.75 Å². The molecule has 0 bridgehead atoms. The molecule has 27 heavy (non-hydrogen) atoms. The van der Waals surface area contributed by atoms with E-state index in [1.807, 2.05) is 6.07 Å². The van der Waals surface area contributed by atoms with Gasteiger partial charge in [0, 0.05) is 11.3 Å². The summed E-state index contributed by atoms with van der Waals surface area (Å²) in [6.45, 7) is 3.05. The summed E-state index contributed by atoms with van der Waals surface area (Å²) in [5.74, 6) is -1.80. The maximum absolute atomic E-state index is 12.7. The quantitative estimate of drug-likeness (QED) is 0.365. The van der Waals surface area contributed by atoms with Gasteiger partial charge in [0.15, 0.2) is 12.1 Å². The van der Waals surface area contributed by atoms with E-state index in [4.69, 9.17) is 10.5 Å². The number of nitrogens with two attached hydrogens (primary N) is 1. The van der Waals surface area contributed by atoms with Gasteiger partial charge in [0.25, 0.3) is 11.8 Å². The van der Waals surface area contributed by atoms with Crippen LogP contribution in [0, 0.1) is 0 Å². The number of benzene rings is 1. The van der Waals surface area contributed by atoms with Crippen molar-refractivity contribution in [2.24, 2.45) is 5.73 Å². The van der Waals surface area contributed by atoms with Crippen molar-refractivity contribution >= 4 is 29.5 Å². The smallest absolute Gasteiger partial charge is 0.548 e. The van der Waals surface area contributed by atoms with Crippen LogP contribution in [-0.4, -0.2) is 57.5 Å². The first kappa shape index (κ1) is 22.0. The summed E-state index contributed by atoms with van der Waals surface area (Å²) in [7, 11) is 0. The van der Waals surface area contributed by atoms with Crippen LogP contribution < -0.4 is 50.5 Å². The SMILES string of the molecule is CC1(C)S[C@H]2N(C(=O)[C@@]2(CN)NC(=O)COc2ccccc2)[C@H]1C(=O)[O-].[Na+]. The van der Waals surface area contributed by atoms with Crippen LogP contribution in [0.4, 0.5) is 0 Å². The molecule has 1 aromatic rings. The third-order valence-electron chi connectivity index (χ3n) is 4.66. The second-order valence-electron chi connectivity index (χ2n) is 6.83. The Morgan fingerprint density at radius 1 is 1.33 bits per heavy atom. The van der Waals surface area contributed by atoms with Gasteiger partial charge < -0.3 is 30.6 Å². The van der Waals surface area contributed by atoms with Gasteiger partial charge in [-0.15, -0.1) is 11.8 Å². The molecule has 2 aliphatic rings. The topological polar surface area (TPSA) is 125 Å². The minimum Gasteiger partial charge on any atom is -0.548 e. The van der Waals surface area contributed by atoms with Gasteiger partial charge in [0.2, 0.25) is 0 Å². The average molecular weight is 401 g/mol. The van der Waals surface area contributed by atoms with Crippen LogP contribution in [0.2, 0.25) is 0 Å². The number of β-lactam (4-membered cyclic amide) rings is 1. The Morgan fingerprint density at radius 2 is 1.96 bits per heavy atom. The molecule has 2 amide bonds. The second-order valence-corrected chi connectivity index (χ2v) is 8.57. The molecule has 0 aromatic heterocycles. The van der Waals surface area contributed by atoms with Gasteiger partial charge in [-0.1, -0.05) is 18.2 Å². The zero-order valence-corrected chi connectivity index (χ0v) is 18.2. The van der Waals surface area contributed by atoms with Crippen LogP contribution in [0.15, 0.2) is 30.3 Å². The first-order valence-electron chi connectivity index (χ1n) is 8.13. The molecule has 1 aromatic carbocycles. The molecule has 3 rings (SSSR count). The van der Waals surface area contributed by atoms with Crippen LogP contribution in [-0.2, 0) is 14.4 Å². The van der Waals surface area contributed by atoms with E-state index in [-0.39, 0.29) is 42.7 Å². The number of para-hydroxylation sites is 1. The number of hydrogen-bond donors (Lipinski definition) is 2. The van der Waals surface area contributed by atoms with Crippen molar-refractivity contribution in [2.45, 2.75) is 35.5 Å². The van der Waals surface area contributed by atoms with Crippen molar-refractivity contribution in [2.75, 3.05) is 13.2 Å². The monoisotopic (exact) mass is 401 g/mol. The van der Waals surface area contributed by atoms with Gasteiger partial charge in [-0.2, -0.15) is 0 Å². The number of nitrogens with zero attached hydrogens (tertiary/aromatic N) is 1. The van der Waals surface area contributed by atoms with E-state index in [2.05, 4.69) is 5.32 Å². The standard InChI is InChI=1S/C17H21N3O5S.Na/c1-16(2)12(13(22)23)20-14(24)17(9-18,15(20)26-16)19-11(21)8-25-10-6-4-3-5-7-10;/h3-7,12,15H,8-9,18H2,1-2H3,(H,19,21)(H,22,23);/q;+1/p-1/t12-,15+,17+;/m0./s1. The summed E-state index contributed by atoms with van der Waals surface area (Å²) in [6, 6.07) is 7.73. The van der Waals surface area contributed by atoms with Gasteiger partial charge in [-0.25, -0.2) is 0 Å². The Hall–Kier alpha value is -1.26. The van der Waals surface area contributed by atoms with E-state index < -0.39 is 39.5 Å². The fourth-order valence-electron chi connectivity index (χ4n) is 3.41. The molecule has 10 heteroatoms. The fourth-order valence-corrected chi connectivity index (χ4v) is 5.12. The summed E-state index contributed by atoms with van der Waals surface area (Å²) < 4.78 is 4.64. The average Bonchev–Trinajstić information content (AvgIpc) is 2.88. The van der Waals surface area contributed by atoms with Crippen molar-refractivity contribution in [1.82, 2.24) is 10.2 Å². The van der Waals surface area contributed by atoms with Crippen molar-refractivity contribution in [3.8, 4) is 5.75 Å². The number of aliphatic carboxylic acids is 1. The Labute approximate surface area is 183 Å². The molecule has 3 atom stereocenters. The molecule has 0 saturated carbocycles. The van der Waals surface area contributed by atoms with Gasteiger partial charge in [0.05, 0.1) is 12.0 Å². The summed E-state index contributed by atoms with van der Waals surface area (Å²) in [4.78, 5) is 37.7. The summed E-state index contributed by atoms with van der Waals surface area (Å²) in [5.41, 5.74) is 4.47. The maximum Gasteiger partial charge on any atom is 1.00 e. The number of nitrogens with one attached hydrogen (secondary N) is 1. The number of carbonyl (C=O) groups is 3. The number of amides is 2. The molecule has 2 fully saturated rings. The van der Waals surface area contributed by atoms with E-state index in [1.165, 1.54) is 16.7 Å². The van der Waals surface area contributed by atoms with Crippen LogP contribution in [0.1, 0.15) is 13.8 Å². The molecule has 0 unspecified atom stereocenters. The number of ether oxygens (including phenoxy) is 1. The van der Waals surface area contributed by atoms with Gasteiger partial charge in [0.1, 0.15) is 11.1 Å². The Kier molecular flexibility index (Phi) is 6.53. The van der Waals surface area contributed by atoms with E-state index >= 15 is 0 Å². The number of fused-ring (bicyclic) bond motifs is 1. The predicted octanol–water partition coefficient (Wildman–Crippen LogP) is -4.30. The number of carboxylic acid groups (broad SMARTS) is 1. The molecular weight excluding hydrogens is 381 g/mol. The zero-order valence-electron chi connectivity index (χ0n) is 15.4. The molecule has 2 saturated heterocycles. The summed E-state index contributed by atoms with van der Waals surface area (Å²) in [5, 5.41) is 13.6. The minimum absolute atomic E-state index is 0. The van der Waals surface area contributed by atoms with Gasteiger partial charge >= 0.3 is 29.6 Å². The predicted molar refractivity (Wildman–Crippen MR) is 93.0 cm³/mol. The third-order valence-corrected chi connectivity index (χ3v) is 6.35. The molecular formula is C17H20N3NaO5S. The second kappa shape index (κ2) is 8.00. The molecule has 0 radical (unpaired) electrons. The Balaban J connectivity index is 0.00000261. The zero-order chi connectivity index (χ0) is 19.1. The van der Waals surface area contributed by atoms with E-state index in [9.17, 15) is 19.5 Å². The normalized spacial score (nSPS) is 27.8. The van der Waals surface area contributed by atoms with Crippen molar-refractivity contribution in [3.05, 3.63) is 30.3 Å². The first-order chi connectivity index (χ1) is 12.2. The van der Waals surface area contributed by atoms with Crippen molar-refractivity contribution in [1.29, 1.82) is 0 Å². The van der Waals surface area contributed by atoms with E-state index in [1.54, 1.807) is 38.1 Å². The van der Waals surface area contributed by atoms with Crippen molar-refractivity contribution in [3.63, 3.8) is 0 Å². The number of carboxylic acids is 1. The minimum atomic E-state index is -1.33. The largest absolute Gasteiger partial charge is 1.00 e. The molecule has 2 heterocycles. The summed E-state index contributed by atoms with van der Waals surface area (Å²) >= 11 is 1.29. The maximum atomic E-state index is 12.7. The number of thioether (sulfide) groups is 1. The van der Waals surface area contributed by atoms with Gasteiger partial charge in [-0.3, -0.25) is 9.59 Å². The molecule has 0 spiro atoms. The van der Waals surface area contributed by atoms with Crippen LogP contribution >= 0.6 is 11.8 Å². The third kappa shape index (κ3) is 3.71. The van der Waals surface area contributed by atoms with Crippen LogP contribution in [0.3, 0.4) is 0 Å². The number of carbonyl (C=O) groups excluding carboxylic acids is 3. The Morgan fingerprint density at radius 3 is 2.52 bits per heavy atom. The Bertz CT molecular complexity index is 747.